The number of esters is 1. The summed E-state index contributed by atoms with van der Waals surface area (Å²) in [4.78, 5) is 15.2. The van der Waals surface area contributed by atoms with E-state index in [9.17, 15) is 4.79 Å². The molecule has 1 rings (SSSR count). The van der Waals surface area contributed by atoms with E-state index < -0.39 is 0 Å². The normalized spacial score (nSPS) is 12.4. The van der Waals surface area contributed by atoms with Crippen molar-refractivity contribution in [2.45, 2.75) is 45.6 Å². The molecule has 0 aliphatic heterocycles. The van der Waals surface area contributed by atoms with E-state index in [0.29, 0.717) is 13.0 Å². The Kier molecular flexibility index (Phi) is 10.1. The molecule has 0 heterocycles. The molecule has 6 heteroatoms. The lowest BCUT2D eigenvalue weighted by Gasteiger charge is -2.18. The van der Waals surface area contributed by atoms with Crippen LogP contribution in [0.4, 0.5) is 0 Å². The first-order valence-corrected chi connectivity index (χ1v) is 8.79. The van der Waals surface area contributed by atoms with E-state index >= 15 is 0 Å². The van der Waals surface area contributed by atoms with Crippen molar-refractivity contribution < 1.29 is 14.3 Å². The predicted octanol–water partition coefficient (Wildman–Crippen LogP) is 2.66. The lowest BCUT2D eigenvalue weighted by molar-refractivity contribution is -0.140. The molecule has 0 saturated carbocycles. The molecule has 0 saturated heterocycles. The van der Waals surface area contributed by atoms with Crippen molar-refractivity contribution in [3.05, 3.63) is 29.8 Å². The molecule has 0 spiro atoms. The summed E-state index contributed by atoms with van der Waals surface area (Å²) in [6, 6.07) is 8.03. The van der Waals surface area contributed by atoms with Crippen LogP contribution in [0.3, 0.4) is 0 Å². The quantitative estimate of drug-likeness (QED) is 0.294. The number of aliphatic imine (C=N–C) groups is 1. The van der Waals surface area contributed by atoms with Gasteiger partial charge in [-0.1, -0.05) is 18.6 Å². The number of aryl methyl sites for hydroxylation is 1. The van der Waals surface area contributed by atoms with Crippen molar-refractivity contribution >= 4 is 11.9 Å². The zero-order chi connectivity index (χ0) is 18.5. The second-order valence-corrected chi connectivity index (χ2v) is 6.01. The van der Waals surface area contributed by atoms with Crippen molar-refractivity contribution in [2.75, 3.05) is 27.2 Å². The molecule has 0 aliphatic carbocycles. The second-order valence-electron chi connectivity index (χ2n) is 6.01. The number of unbranched alkanes of at least 4 members (excludes halogenated alkanes) is 2. The van der Waals surface area contributed by atoms with Gasteiger partial charge in [0.1, 0.15) is 11.9 Å². The Balaban J connectivity index is 2.17. The van der Waals surface area contributed by atoms with Gasteiger partial charge in [-0.2, -0.15) is 0 Å². The van der Waals surface area contributed by atoms with Gasteiger partial charge in [-0.05, 0) is 44.4 Å². The van der Waals surface area contributed by atoms with Crippen LogP contribution in [-0.2, 0) is 9.53 Å². The molecule has 1 unspecified atom stereocenters. The summed E-state index contributed by atoms with van der Waals surface area (Å²) in [5.74, 6) is 1.49. The standard InChI is InChI=1S/C19H31N3O3/c1-15-9-8-10-17(13-15)25-16(2)14-22-19(20-3)21-12-7-5-6-11-18(23)24-4/h8-10,13,16H,5-7,11-12,14H2,1-4H3,(H2,20,21,22). The topological polar surface area (TPSA) is 72.0 Å². The molecule has 0 aromatic heterocycles. The third-order valence-electron chi connectivity index (χ3n) is 3.69. The molecule has 1 aromatic carbocycles. The van der Waals surface area contributed by atoms with Gasteiger partial charge in [-0.3, -0.25) is 9.79 Å². The van der Waals surface area contributed by atoms with Crippen LogP contribution in [0.25, 0.3) is 0 Å². The first-order chi connectivity index (χ1) is 12.0. The van der Waals surface area contributed by atoms with Crippen molar-refractivity contribution in [3.8, 4) is 5.75 Å². The first kappa shape index (κ1) is 20.8. The summed E-state index contributed by atoms with van der Waals surface area (Å²) in [5.41, 5.74) is 1.18. The van der Waals surface area contributed by atoms with Gasteiger partial charge in [-0.15, -0.1) is 0 Å². The van der Waals surface area contributed by atoms with Crippen molar-refractivity contribution in [1.29, 1.82) is 0 Å². The number of hydrogen-bond acceptors (Lipinski definition) is 4. The smallest absolute Gasteiger partial charge is 0.305 e. The Bertz CT molecular complexity index is 546. The van der Waals surface area contributed by atoms with Crippen LogP contribution in [0.2, 0.25) is 0 Å². The molecule has 140 valence electrons. The molecule has 1 atom stereocenters. The predicted molar refractivity (Wildman–Crippen MR) is 101 cm³/mol. The van der Waals surface area contributed by atoms with Gasteiger partial charge in [0.15, 0.2) is 5.96 Å². The highest BCUT2D eigenvalue weighted by molar-refractivity contribution is 5.79. The van der Waals surface area contributed by atoms with Gasteiger partial charge in [-0.25, -0.2) is 0 Å². The number of carbonyl (C=O) groups is 1. The van der Waals surface area contributed by atoms with Crippen molar-refractivity contribution in [1.82, 2.24) is 10.6 Å². The maximum atomic E-state index is 11.0. The van der Waals surface area contributed by atoms with E-state index in [-0.39, 0.29) is 12.1 Å². The van der Waals surface area contributed by atoms with Gasteiger partial charge >= 0.3 is 5.97 Å². The number of nitrogens with zero attached hydrogens (tertiary/aromatic N) is 1. The summed E-state index contributed by atoms with van der Waals surface area (Å²) in [6.07, 6.45) is 3.32. The molecule has 0 fully saturated rings. The minimum atomic E-state index is -0.145. The number of nitrogens with one attached hydrogen (secondary N) is 2. The molecule has 0 amide bonds. The summed E-state index contributed by atoms with van der Waals surface area (Å²) < 4.78 is 10.5. The Morgan fingerprint density at radius 2 is 2.04 bits per heavy atom. The number of guanidine groups is 1. The summed E-state index contributed by atoms with van der Waals surface area (Å²) in [6.45, 7) is 5.55. The van der Waals surface area contributed by atoms with Crippen LogP contribution in [0.5, 0.6) is 5.75 Å². The Morgan fingerprint density at radius 3 is 2.72 bits per heavy atom. The Hall–Kier alpha value is -2.24. The fraction of sp³-hybridized carbons (Fsp3) is 0.579. The largest absolute Gasteiger partial charge is 0.489 e. The minimum Gasteiger partial charge on any atom is -0.489 e. The molecule has 0 aliphatic rings. The Morgan fingerprint density at radius 1 is 1.24 bits per heavy atom. The highest BCUT2D eigenvalue weighted by atomic mass is 16.5. The van der Waals surface area contributed by atoms with E-state index in [2.05, 4.69) is 20.4 Å². The van der Waals surface area contributed by atoms with Crippen LogP contribution in [-0.4, -0.2) is 45.3 Å². The maximum Gasteiger partial charge on any atom is 0.305 e. The lowest BCUT2D eigenvalue weighted by atomic mass is 10.2. The fourth-order valence-corrected chi connectivity index (χ4v) is 2.30. The third kappa shape index (κ3) is 9.59. The van der Waals surface area contributed by atoms with Crippen LogP contribution in [0.15, 0.2) is 29.3 Å². The highest BCUT2D eigenvalue weighted by Crippen LogP contribution is 2.13. The SMILES string of the molecule is CN=C(NCCCCCC(=O)OC)NCC(C)Oc1cccc(C)c1. The molecular weight excluding hydrogens is 318 g/mol. The average molecular weight is 349 g/mol. The van der Waals surface area contributed by atoms with E-state index in [1.54, 1.807) is 7.05 Å². The fourth-order valence-electron chi connectivity index (χ4n) is 2.30. The average Bonchev–Trinajstić information content (AvgIpc) is 2.60. The van der Waals surface area contributed by atoms with Crippen LogP contribution >= 0.6 is 0 Å². The number of hydrogen-bond donors (Lipinski definition) is 2. The van der Waals surface area contributed by atoms with E-state index in [4.69, 9.17) is 4.74 Å². The van der Waals surface area contributed by atoms with Gasteiger partial charge < -0.3 is 20.1 Å². The first-order valence-electron chi connectivity index (χ1n) is 8.79. The zero-order valence-electron chi connectivity index (χ0n) is 15.8. The molecule has 0 bridgehead atoms. The third-order valence-corrected chi connectivity index (χ3v) is 3.69. The number of carbonyl (C=O) groups excluding carboxylic acids is 1. The van der Waals surface area contributed by atoms with Crippen molar-refractivity contribution in [2.24, 2.45) is 4.99 Å². The number of ether oxygens (including phenoxy) is 2. The van der Waals surface area contributed by atoms with Gasteiger partial charge in [0.25, 0.3) is 0 Å². The molecule has 25 heavy (non-hydrogen) atoms. The molecule has 1 aromatic rings. The molecular formula is C19H31N3O3. The van der Waals surface area contributed by atoms with Crippen LogP contribution in [0.1, 0.15) is 38.2 Å². The lowest BCUT2D eigenvalue weighted by Crippen LogP contribution is -2.42. The van der Waals surface area contributed by atoms with E-state index in [1.165, 1.54) is 12.7 Å². The zero-order valence-corrected chi connectivity index (χ0v) is 15.8. The number of methoxy groups -OCH3 is 1. The van der Waals surface area contributed by atoms with E-state index in [0.717, 1.165) is 37.5 Å². The molecule has 2 N–H and O–H groups in total. The minimum absolute atomic E-state index is 0.0282. The second kappa shape index (κ2) is 12.2. The van der Waals surface area contributed by atoms with Crippen molar-refractivity contribution in [3.63, 3.8) is 0 Å². The summed E-state index contributed by atoms with van der Waals surface area (Å²) >= 11 is 0. The molecule has 0 radical (unpaired) electrons. The summed E-state index contributed by atoms with van der Waals surface area (Å²) in [7, 11) is 3.17. The highest BCUT2D eigenvalue weighted by Gasteiger charge is 2.06. The van der Waals surface area contributed by atoms with Crippen LogP contribution < -0.4 is 15.4 Å². The van der Waals surface area contributed by atoms with Gasteiger partial charge in [0.05, 0.1) is 13.7 Å². The Labute approximate surface area is 151 Å². The summed E-state index contributed by atoms with van der Waals surface area (Å²) in [5, 5.41) is 6.53. The monoisotopic (exact) mass is 349 g/mol. The van der Waals surface area contributed by atoms with E-state index in [1.807, 2.05) is 38.1 Å². The number of rotatable bonds is 10. The maximum absolute atomic E-state index is 11.0. The van der Waals surface area contributed by atoms with Gasteiger partial charge in [0.2, 0.25) is 0 Å². The number of benzene rings is 1. The molecule has 6 nitrogen and oxygen atoms in total. The van der Waals surface area contributed by atoms with Crippen LogP contribution in [0, 0.1) is 6.92 Å². The van der Waals surface area contributed by atoms with Gasteiger partial charge in [0, 0.05) is 20.0 Å².